The molecule has 0 amide bonds. The Kier molecular flexibility index (Phi) is 3.97. The van der Waals surface area contributed by atoms with Crippen LogP contribution in [0.1, 0.15) is 16.1 Å². The summed E-state index contributed by atoms with van der Waals surface area (Å²) in [6, 6.07) is 11.8. The van der Waals surface area contributed by atoms with Gasteiger partial charge in [0.2, 0.25) is 0 Å². The van der Waals surface area contributed by atoms with Crippen molar-refractivity contribution in [2.45, 2.75) is 6.92 Å². The van der Waals surface area contributed by atoms with Crippen LogP contribution in [0.15, 0.2) is 53.1 Å². The van der Waals surface area contributed by atoms with Crippen LogP contribution in [-0.4, -0.2) is 20.7 Å². The van der Waals surface area contributed by atoms with Crippen LogP contribution in [0.25, 0.3) is 22.5 Å². The van der Waals surface area contributed by atoms with E-state index in [0.717, 1.165) is 0 Å². The number of carbonyl (C=O) groups excluding carboxylic acids is 1. The molecule has 0 saturated carbocycles. The summed E-state index contributed by atoms with van der Waals surface area (Å²) in [4.78, 5) is 17.4. The van der Waals surface area contributed by atoms with Crippen molar-refractivity contribution >= 4 is 28.6 Å². The zero-order valence-electron chi connectivity index (χ0n) is 14.1. The zero-order valence-corrected chi connectivity index (χ0v) is 14.8. The average Bonchev–Trinajstić information content (AvgIpc) is 3.25. The first-order chi connectivity index (χ1) is 12.5. The minimum Gasteiger partial charge on any atom is -0.463 e. The molecule has 7 heteroatoms. The summed E-state index contributed by atoms with van der Waals surface area (Å²) < 4.78 is 12.6. The van der Waals surface area contributed by atoms with Crippen molar-refractivity contribution in [3.8, 4) is 17.2 Å². The van der Waals surface area contributed by atoms with Crippen LogP contribution in [0.5, 0.6) is 5.75 Å². The molecule has 0 aliphatic rings. The Balaban J connectivity index is 1.84. The summed E-state index contributed by atoms with van der Waals surface area (Å²) >= 11 is 5.87. The van der Waals surface area contributed by atoms with Crippen molar-refractivity contribution in [2.24, 2.45) is 7.05 Å². The molecule has 4 aromatic rings. The highest BCUT2D eigenvalue weighted by Gasteiger charge is 2.21. The Labute approximate surface area is 154 Å². The lowest BCUT2D eigenvalue weighted by atomic mass is 10.1. The molecule has 0 fully saturated rings. The van der Waals surface area contributed by atoms with E-state index in [0.29, 0.717) is 44.5 Å². The fraction of sp³-hybridized carbons (Fsp3) is 0.105. The third-order valence-electron chi connectivity index (χ3n) is 3.99. The van der Waals surface area contributed by atoms with E-state index in [1.807, 2.05) is 6.92 Å². The molecule has 0 saturated heterocycles. The number of ether oxygens (including phenoxy) is 1. The number of rotatable bonds is 3. The van der Waals surface area contributed by atoms with E-state index in [2.05, 4.69) is 10.1 Å². The molecule has 26 heavy (non-hydrogen) atoms. The molecule has 0 atom stereocenters. The van der Waals surface area contributed by atoms with Gasteiger partial charge >= 0.3 is 5.97 Å². The van der Waals surface area contributed by atoms with Crippen molar-refractivity contribution < 1.29 is 13.9 Å². The topological polar surface area (TPSA) is 70.2 Å². The zero-order chi connectivity index (χ0) is 18.3. The van der Waals surface area contributed by atoms with Gasteiger partial charge in [0.05, 0.1) is 22.9 Å². The molecular formula is C19H14ClN3O3. The molecule has 0 radical (unpaired) electrons. The molecule has 130 valence electrons. The van der Waals surface area contributed by atoms with Crippen LogP contribution >= 0.6 is 11.6 Å². The Hall–Kier alpha value is -3.12. The van der Waals surface area contributed by atoms with Crippen LogP contribution in [0.2, 0.25) is 5.02 Å². The molecule has 1 aromatic carbocycles. The first-order valence-corrected chi connectivity index (χ1v) is 8.26. The highest BCUT2D eigenvalue weighted by molar-refractivity contribution is 6.30. The van der Waals surface area contributed by atoms with E-state index >= 15 is 0 Å². The van der Waals surface area contributed by atoms with E-state index < -0.39 is 5.97 Å². The first-order valence-electron chi connectivity index (χ1n) is 7.89. The minimum atomic E-state index is -0.497. The predicted octanol–water partition coefficient (Wildman–Crippen LogP) is 4.41. The van der Waals surface area contributed by atoms with Crippen LogP contribution < -0.4 is 4.74 Å². The molecular weight excluding hydrogens is 354 g/mol. The maximum Gasteiger partial charge on any atom is 0.344 e. The van der Waals surface area contributed by atoms with Crippen molar-refractivity contribution in [1.82, 2.24) is 14.8 Å². The maximum atomic E-state index is 12.8. The molecule has 3 heterocycles. The Morgan fingerprint density at radius 2 is 2.00 bits per heavy atom. The number of aryl methyl sites for hydroxylation is 2. The van der Waals surface area contributed by atoms with Gasteiger partial charge in [-0.25, -0.2) is 9.78 Å². The Morgan fingerprint density at radius 3 is 2.69 bits per heavy atom. The summed E-state index contributed by atoms with van der Waals surface area (Å²) in [5, 5.41) is 5.60. The van der Waals surface area contributed by atoms with Gasteiger partial charge in [-0.05, 0) is 49.4 Å². The van der Waals surface area contributed by atoms with Crippen LogP contribution in [0.4, 0.5) is 0 Å². The second-order valence-corrected chi connectivity index (χ2v) is 6.22. The number of hydrogen-bond donors (Lipinski definition) is 0. The molecule has 3 aromatic heterocycles. The van der Waals surface area contributed by atoms with E-state index in [9.17, 15) is 4.79 Å². The van der Waals surface area contributed by atoms with Crippen molar-refractivity contribution in [2.75, 3.05) is 0 Å². The minimum absolute atomic E-state index is 0.377. The van der Waals surface area contributed by atoms with Gasteiger partial charge in [0.1, 0.15) is 11.4 Å². The van der Waals surface area contributed by atoms with Crippen LogP contribution in [-0.2, 0) is 7.05 Å². The Morgan fingerprint density at radius 1 is 1.23 bits per heavy atom. The van der Waals surface area contributed by atoms with E-state index in [1.54, 1.807) is 60.5 Å². The first kappa shape index (κ1) is 16.4. The van der Waals surface area contributed by atoms with Gasteiger partial charge in [0.15, 0.2) is 11.4 Å². The van der Waals surface area contributed by atoms with Gasteiger partial charge in [-0.3, -0.25) is 4.68 Å². The molecule has 6 nitrogen and oxygen atoms in total. The fourth-order valence-electron chi connectivity index (χ4n) is 2.82. The molecule has 0 bridgehead atoms. The van der Waals surface area contributed by atoms with Gasteiger partial charge < -0.3 is 9.15 Å². The summed E-state index contributed by atoms with van der Waals surface area (Å²) in [7, 11) is 1.78. The number of halogens is 1. The fourth-order valence-corrected chi connectivity index (χ4v) is 2.95. The van der Waals surface area contributed by atoms with E-state index in [1.165, 1.54) is 0 Å². The average molecular weight is 368 g/mol. The molecule has 0 spiro atoms. The van der Waals surface area contributed by atoms with Gasteiger partial charge in [-0.15, -0.1) is 0 Å². The monoisotopic (exact) mass is 367 g/mol. The summed E-state index contributed by atoms with van der Waals surface area (Å²) in [5.74, 6) is 0.473. The van der Waals surface area contributed by atoms with Gasteiger partial charge in [0, 0.05) is 12.1 Å². The van der Waals surface area contributed by atoms with Crippen molar-refractivity contribution in [3.05, 3.63) is 65.0 Å². The third-order valence-corrected chi connectivity index (χ3v) is 4.24. The predicted molar refractivity (Wildman–Crippen MR) is 97.4 cm³/mol. The lowest BCUT2D eigenvalue weighted by molar-refractivity contribution is 0.0736. The lowest BCUT2D eigenvalue weighted by Gasteiger charge is -2.08. The highest BCUT2D eigenvalue weighted by Crippen LogP contribution is 2.28. The number of esters is 1. The molecule has 4 rings (SSSR count). The smallest absolute Gasteiger partial charge is 0.344 e. The van der Waals surface area contributed by atoms with Gasteiger partial charge in [0.25, 0.3) is 0 Å². The highest BCUT2D eigenvalue weighted by atomic mass is 35.5. The maximum absolute atomic E-state index is 12.8. The quantitative estimate of drug-likeness (QED) is 0.396. The number of hydrogen-bond acceptors (Lipinski definition) is 5. The number of aromatic nitrogens is 3. The second-order valence-electron chi connectivity index (χ2n) is 5.78. The molecule has 0 aliphatic heterocycles. The standard InChI is InChI=1S/C19H14ClN3O3/c1-11-17-14(19(24)26-13-7-5-12(20)6-8-13)10-15(16-4-3-9-25-16)21-18(17)23(2)22-11/h3-10H,1-2H3. The lowest BCUT2D eigenvalue weighted by Crippen LogP contribution is -2.10. The molecule has 0 unspecified atom stereocenters. The van der Waals surface area contributed by atoms with Crippen molar-refractivity contribution in [1.29, 1.82) is 0 Å². The number of nitrogens with zero attached hydrogens (tertiary/aromatic N) is 3. The van der Waals surface area contributed by atoms with E-state index in [4.69, 9.17) is 20.8 Å². The van der Waals surface area contributed by atoms with Crippen LogP contribution in [0.3, 0.4) is 0 Å². The van der Waals surface area contributed by atoms with Gasteiger partial charge in [-0.2, -0.15) is 5.10 Å². The third kappa shape index (κ3) is 2.84. The SMILES string of the molecule is Cc1nn(C)c2nc(-c3ccco3)cc(C(=O)Oc3ccc(Cl)cc3)c12. The number of pyridine rings is 1. The number of fused-ring (bicyclic) bond motifs is 1. The number of furan rings is 1. The Bertz CT molecular complexity index is 1100. The summed E-state index contributed by atoms with van der Waals surface area (Å²) in [6.07, 6.45) is 1.56. The summed E-state index contributed by atoms with van der Waals surface area (Å²) in [6.45, 7) is 1.83. The van der Waals surface area contributed by atoms with Crippen LogP contribution in [0, 0.1) is 6.92 Å². The second kappa shape index (κ2) is 6.31. The summed E-state index contributed by atoms with van der Waals surface area (Å²) in [5.41, 5.74) is 2.19. The normalized spacial score (nSPS) is 11.0. The molecule has 0 N–H and O–H groups in total. The van der Waals surface area contributed by atoms with Crippen molar-refractivity contribution in [3.63, 3.8) is 0 Å². The number of carbonyl (C=O) groups is 1. The number of benzene rings is 1. The molecule has 0 aliphatic carbocycles. The largest absolute Gasteiger partial charge is 0.463 e. The van der Waals surface area contributed by atoms with E-state index in [-0.39, 0.29) is 0 Å². The van der Waals surface area contributed by atoms with Gasteiger partial charge in [-0.1, -0.05) is 11.6 Å².